The van der Waals surface area contributed by atoms with Crippen LogP contribution in [-0.2, 0) is 17.1 Å². The summed E-state index contributed by atoms with van der Waals surface area (Å²) in [7, 11) is -2.07. The van der Waals surface area contributed by atoms with E-state index in [0.29, 0.717) is 6.42 Å². The average Bonchev–Trinajstić information content (AvgIpc) is 2.80. The van der Waals surface area contributed by atoms with Gasteiger partial charge >= 0.3 is 0 Å². The third-order valence-electron chi connectivity index (χ3n) is 4.04. The Hall–Kier alpha value is -0.630. The topological polar surface area (TPSA) is 84.2 Å². The summed E-state index contributed by atoms with van der Waals surface area (Å²) in [4.78, 5) is 3.86. The third-order valence-corrected chi connectivity index (χ3v) is 5.75. The van der Waals surface area contributed by atoms with Gasteiger partial charge in [-0.1, -0.05) is 19.3 Å². The Kier molecular flexibility index (Phi) is 5.65. The lowest BCUT2D eigenvalue weighted by atomic mass is 9.83. The monoisotopic (exact) mass is 335 g/mol. The fraction of sp³-hybridized carbons (Fsp3) is 0.769. The molecule has 0 saturated heterocycles. The minimum Gasteiger partial charge on any atom is -0.396 e. The van der Waals surface area contributed by atoms with Crippen molar-refractivity contribution in [2.24, 2.45) is 13.0 Å². The van der Waals surface area contributed by atoms with Crippen LogP contribution in [0, 0.1) is 5.92 Å². The molecule has 1 saturated carbocycles. The van der Waals surface area contributed by atoms with Gasteiger partial charge in [-0.25, -0.2) is 18.1 Å². The number of hydrogen-bond donors (Lipinski definition) is 2. The molecule has 1 unspecified atom stereocenters. The minimum atomic E-state index is -3.71. The van der Waals surface area contributed by atoms with Crippen molar-refractivity contribution < 1.29 is 13.5 Å². The van der Waals surface area contributed by atoms with Crippen LogP contribution >= 0.6 is 11.6 Å². The van der Waals surface area contributed by atoms with Crippen molar-refractivity contribution in [2.75, 3.05) is 6.61 Å². The highest BCUT2D eigenvalue weighted by Gasteiger charge is 2.29. The van der Waals surface area contributed by atoms with E-state index in [0.717, 1.165) is 25.7 Å². The van der Waals surface area contributed by atoms with Crippen molar-refractivity contribution in [3.05, 3.63) is 11.5 Å². The van der Waals surface area contributed by atoms with Gasteiger partial charge in [0.05, 0.1) is 0 Å². The van der Waals surface area contributed by atoms with Crippen LogP contribution in [-0.4, -0.2) is 35.7 Å². The SMILES string of the molecule is Cn1cc(S(=O)(=O)NC(CCO)C2CCCCC2)nc1Cl. The Balaban J connectivity index is 2.14. The Bertz CT molecular complexity index is 548. The summed E-state index contributed by atoms with van der Waals surface area (Å²) in [6.45, 7) is -0.0351. The minimum absolute atomic E-state index is 0.0351. The van der Waals surface area contributed by atoms with Gasteiger partial charge in [0.1, 0.15) is 0 Å². The molecule has 0 bridgehead atoms. The lowest BCUT2D eigenvalue weighted by molar-refractivity contribution is 0.221. The van der Waals surface area contributed by atoms with Crippen molar-refractivity contribution in [3.8, 4) is 0 Å². The Labute approximate surface area is 130 Å². The summed E-state index contributed by atoms with van der Waals surface area (Å²) in [5, 5.41) is 9.26. The Morgan fingerprint density at radius 2 is 2.14 bits per heavy atom. The quantitative estimate of drug-likeness (QED) is 0.828. The normalized spacial score (nSPS) is 18.8. The van der Waals surface area contributed by atoms with Crippen LogP contribution in [0.15, 0.2) is 11.2 Å². The molecule has 1 aliphatic rings. The van der Waals surface area contributed by atoms with E-state index in [1.165, 1.54) is 17.2 Å². The van der Waals surface area contributed by atoms with Crippen LogP contribution < -0.4 is 4.72 Å². The molecule has 1 aromatic rings. The fourth-order valence-corrected chi connectivity index (χ4v) is 4.40. The number of aryl methyl sites for hydroxylation is 1. The first-order chi connectivity index (χ1) is 9.94. The van der Waals surface area contributed by atoms with Gasteiger partial charge in [-0.15, -0.1) is 0 Å². The molecule has 1 atom stereocenters. The smallest absolute Gasteiger partial charge is 0.259 e. The highest BCUT2D eigenvalue weighted by atomic mass is 35.5. The summed E-state index contributed by atoms with van der Waals surface area (Å²) in [6, 6.07) is -0.249. The van der Waals surface area contributed by atoms with Gasteiger partial charge in [-0.05, 0) is 36.8 Å². The number of imidazole rings is 1. The van der Waals surface area contributed by atoms with Crippen LogP contribution in [0.5, 0.6) is 0 Å². The number of rotatable bonds is 6. The first-order valence-corrected chi connectivity index (χ1v) is 9.12. The average molecular weight is 336 g/mol. The maximum absolute atomic E-state index is 12.4. The number of nitrogens with zero attached hydrogens (tertiary/aromatic N) is 2. The molecule has 0 aliphatic heterocycles. The van der Waals surface area contributed by atoms with Crippen molar-refractivity contribution >= 4 is 21.6 Å². The molecule has 1 aromatic heterocycles. The first kappa shape index (κ1) is 16.7. The van der Waals surface area contributed by atoms with Crippen LogP contribution in [0.3, 0.4) is 0 Å². The van der Waals surface area contributed by atoms with E-state index >= 15 is 0 Å². The molecule has 2 N–H and O–H groups in total. The van der Waals surface area contributed by atoms with E-state index < -0.39 is 10.0 Å². The van der Waals surface area contributed by atoms with Crippen molar-refractivity contribution in [1.82, 2.24) is 14.3 Å². The number of aliphatic hydroxyl groups excluding tert-OH is 1. The van der Waals surface area contributed by atoms with Crippen LogP contribution in [0.2, 0.25) is 5.28 Å². The summed E-state index contributed by atoms with van der Waals surface area (Å²) in [6.07, 6.45) is 7.23. The Morgan fingerprint density at radius 1 is 1.48 bits per heavy atom. The molecule has 21 heavy (non-hydrogen) atoms. The standard InChI is InChI=1S/C13H22ClN3O3S/c1-17-9-12(15-13(17)14)21(19,20)16-11(7-8-18)10-5-3-2-4-6-10/h9-11,16,18H,2-8H2,1H3. The zero-order valence-electron chi connectivity index (χ0n) is 12.1. The molecular formula is C13H22ClN3O3S. The van der Waals surface area contributed by atoms with Crippen molar-refractivity contribution in [3.63, 3.8) is 0 Å². The molecule has 120 valence electrons. The molecule has 1 fully saturated rings. The predicted octanol–water partition coefficient (Wildman–Crippen LogP) is 1.68. The molecule has 0 amide bonds. The van der Waals surface area contributed by atoms with Gasteiger partial charge in [-0.3, -0.25) is 0 Å². The zero-order chi connectivity index (χ0) is 15.5. The largest absolute Gasteiger partial charge is 0.396 e. The fourth-order valence-electron chi connectivity index (χ4n) is 2.87. The van der Waals surface area contributed by atoms with Gasteiger partial charge in [-0.2, -0.15) is 0 Å². The highest BCUT2D eigenvalue weighted by molar-refractivity contribution is 7.89. The van der Waals surface area contributed by atoms with Gasteiger partial charge < -0.3 is 9.67 Å². The maximum Gasteiger partial charge on any atom is 0.259 e. The molecule has 1 heterocycles. The van der Waals surface area contributed by atoms with Crippen molar-refractivity contribution in [1.29, 1.82) is 0 Å². The predicted molar refractivity (Wildman–Crippen MR) is 80.6 cm³/mol. The van der Waals surface area contributed by atoms with Gasteiger partial charge in [0.25, 0.3) is 10.0 Å². The number of sulfonamides is 1. The van der Waals surface area contributed by atoms with E-state index in [9.17, 15) is 13.5 Å². The highest BCUT2D eigenvalue weighted by Crippen LogP contribution is 2.28. The van der Waals surface area contributed by atoms with E-state index in [4.69, 9.17) is 11.6 Å². The number of aliphatic hydroxyl groups is 1. The molecule has 2 rings (SSSR count). The lowest BCUT2D eigenvalue weighted by Gasteiger charge is -2.30. The maximum atomic E-state index is 12.4. The van der Waals surface area contributed by atoms with Crippen LogP contribution in [0.4, 0.5) is 0 Å². The summed E-state index contributed by atoms with van der Waals surface area (Å²) >= 11 is 5.80. The lowest BCUT2D eigenvalue weighted by Crippen LogP contribution is -2.41. The second kappa shape index (κ2) is 7.09. The van der Waals surface area contributed by atoms with Gasteiger partial charge in [0, 0.05) is 25.9 Å². The molecule has 0 spiro atoms. The second-order valence-electron chi connectivity index (χ2n) is 5.60. The molecule has 0 aromatic carbocycles. The van der Waals surface area contributed by atoms with Crippen LogP contribution in [0.1, 0.15) is 38.5 Å². The van der Waals surface area contributed by atoms with E-state index in [1.807, 2.05) is 0 Å². The molecule has 6 nitrogen and oxygen atoms in total. The molecular weight excluding hydrogens is 314 g/mol. The first-order valence-electron chi connectivity index (χ1n) is 7.26. The van der Waals surface area contributed by atoms with Gasteiger partial charge in [0.2, 0.25) is 5.28 Å². The number of aromatic nitrogens is 2. The molecule has 0 radical (unpaired) electrons. The van der Waals surface area contributed by atoms with Crippen LogP contribution in [0.25, 0.3) is 0 Å². The van der Waals surface area contributed by atoms with E-state index in [2.05, 4.69) is 9.71 Å². The number of hydrogen-bond acceptors (Lipinski definition) is 4. The Morgan fingerprint density at radius 3 is 2.67 bits per heavy atom. The summed E-state index contributed by atoms with van der Waals surface area (Å²) in [5.74, 6) is 0.278. The zero-order valence-corrected chi connectivity index (χ0v) is 13.7. The second-order valence-corrected chi connectivity index (χ2v) is 7.60. The summed E-state index contributed by atoms with van der Waals surface area (Å²) < 4.78 is 29.0. The molecule has 1 aliphatic carbocycles. The summed E-state index contributed by atoms with van der Waals surface area (Å²) in [5.41, 5.74) is 0. The van der Waals surface area contributed by atoms with E-state index in [-0.39, 0.29) is 28.9 Å². The van der Waals surface area contributed by atoms with E-state index in [1.54, 1.807) is 7.05 Å². The number of halogens is 1. The number of nitrogens with one attached hydrogen (secondary N) is 1. The molecule has 8 heteroatoms. The third kappa shape index (κ3) is 4.18. The van der Waals surface area contributed by atoms with Gasteiger partial charge in [0.15, 0.2) is 5.03 Å². The van der Waals surface area contributed by atoms with Crippen molar-refractivity contribution in [2.45, 2.75) is 49.6 Å².